The van der Waals surface area contributed by atoms with Crippen LogP contribution in [0.5, 0.6) is 0 Å². The number of nitrogens with zero attached hydrogens (tertiary/aromatic N) is 1. The van der Waals surface area contributed by atoms with E-state index in [2.05, 4.69) is 21.1 Å². The van der Waals surface area contributed by atoms with Gasteiger partial charge in [-0.25, -0.2) is 4.79 Å². The molecule has 5 nitrogen and oxygen atoms in total. The summed E-state index contributed by atoms with van der Waals surface area (Å²) in [5.41, 5.74) is 0.247. The molecule has 9 heteroatoms. The van der Waals surface area contributed by atoms with Gasteiger partial charge in [0.2, 0.25) is 5.57 Å². The first kappa shape index (κ1) is 18.6. The van der Waals surface area contributed by atoms with Crippen molar-refractivity contribution in [3.63, 3.8) is 0 Å². The molecule has 0 unspecified atom stereocenters. The zero-order valence-electron chi connectivity index (χ0n) is 13.3. The Morgan fingerprint density at radius 2 is 2.00 bits per heavy atom. The Hall–Kier alpha value is -2.21. The van der Waals surface area contributed by atoms with Crippen molar-refractivity contribution in [3.8, 4) is 0 Å². The molecule has 0 bridgehead atoms. The number of halogens is 4. The van der Waals surface area contributed by atoms with Crippen molar-refractivity contribution >= 4 is 34.8 Å². The second kappa shape index (κ2) is 7.99. The van der Waals surface area contributed by atoms with E-state index in [1.165, 1.54) is 18.5 Å². The molecule has 1 N–H and O–H groups in total. The molecular weight excluding hydrogens is 389 g/mol. The van der Waals surface area contributed by atoms with Gasteiger partial charge in [0.15, 0.2) is 0 Å². The zero-order chi connectivity index (χ0) is 18.7. The van der Waals surface area contributed by atoms with Crippen LogP contribution in [0, 0.1) is 12.0 Å². The van der Waals surface area contributed by atoms with Crippen molar-refractivity contribution in [2.75, 3.05) is 11.9 Å². The normalized spacial score (nSPS) is 16.3. The Kier molecular flexibility index (Phi) is 5.71. The zero-order valence-corrected chi connectivity index (χ0v) is 14.8. The summed E-state index contributed by atoms with van der Waals surface area (Å²) < 4.78 is 35.0. The summed E-state index contributed by atoms with van der Waals surface area (Å²) in [6.07, 6.45) is 9.73. The number of aromatic nitrogens is 1. The summed E-state index contributed by atoms with van der Waals surface area (Å²) in [7, 11) is 0. The van der Waals surface area contributed by atoms with Crippen LogP contribution >= 0.6 is 23.2 Å². The van der Waals surface area contributed by atoms with Crippen LogP contribution in [0.15, 0.2) is 41.6 Å². The fraction of sp³-hybridized carbons (Fsp3) is 0.294. The second-order valence-corrected chi connectivity index (χ2v) is 6.45. The van der Waals surface area contributed by atoms with E-state index in [1.807, 2.05) is 0 Å². The van der Waals surface area contributed by atoms with Gasteiger partial charge in [-0.1, -0.05) is 23.2 Å². The first-order valence-corrected chi connectivity index (χ1v) is 8.43. The molecule has 0 aromatic carbocycles. The average molecular weight is 402 g/mol. The number of alkyl halides is 2. The van der Waals surface area contributed by atoms with Gasteiger partial charge < -0.3 is 9.47 Å². The maximum Gasteiger partial charge on any atom is 0.396 e. The highest BCUT2D eigenvalue weighted by Crippen LogP contribution is 2.32. The highest BCUT2D eigenvalue weighted by atomic mass is 35.5. The molecule has 0 radical (unpaired) electrons. The standard InChI is InChI=1S/C17H12Cl2F2N2O3/c18-11-6-22-7-12(19)15(11)23-16(24)10-3-4-13(26-17(20)21)14(5-10)25-8-9-1-2-9/h4-7,9,17H,1-2,8H2/p+1. The number of rotatable bonds is 7. The fourth-order valence-corrected chi connectivity index (χ4v) is 2.55. The number of carbonyl (C=O) groups is 1. The molecular formula is C17H13Cl2F2N2O3+. The van der Waals surface area contributed by atoms with Gasteiger partial charge in [-0.2, -0.15) is 8.78 Å². The highest BCUT2D eigenvalue weighted by molar-refractivity contribution is 6.39. The van der Waals surface area contributed by atoms with E-state index in [1.54, 1.807) is 0 Å². The van der Waals surface area contributed by atoms with Gasteiger partial charge in [-0.05, 0) is 18.8 Å². The molecule has 1 heterocycles. The molecule has 1 aromatic rings. The largest absolute Gasteiger partial charge is 0.474 e. The number of ether oxygens (including phenoxy) is 2. The molecule has 2 aliphatic carbocycles. The minimum atomic E-state index is -3.01. The molecule has 0 spiro atoms. The SMILES string of the molecule is O=C(Nc1c(Cl)cncc1Cl)C1=CC(OCC2CC2)=C(OC(F)F)C=[C+]1. The van der Waals surface area contributed by atoms with E-state index >= 15 is 0 Å². The quantitative estimate of drug-likeness (QED) is 0.683. The van der Waals surface area contributed by atoms with Crippen LogP contribution in [0.2, 0.25) is 10.0 Å². The highest BCUT2D eigenvalue weighted by Gasteiger charge is 2.30. The predicted molar refractivity (Wildman–Crippen MR) is 91.6 cm³/mol. The number of anilines is 1. The molecule has 0 atom stereocenters. The summed E-state index contributed by atoms with van der Waals surface area (Å²) in [6.45, 7) is -2.65. The van der Waals surface area contributed by atoms with Crippen LogP contribution in [-0.4, -0.2) is 24.1 Å². The Morgan fingerprint density at radius 1 is 1.31 bits per heavy atom. The van der Waals surface area contributed by atoms with E-state index in [0.717, 1.165) is 18.9 Å². The predicted octanol–water partition coefficient (Wildman–Crippen LogP) is 4.50. The third-order valence-corrected chi connectivity index (χ3v) is 4.17. The number of hydrogen-bond acceptors (Lipinski definition) is 4. The van der Waals surface area contributed by atoms with Crippen molar-refractivity contribution < 1.29 is 23.0 Å². The third-order valence-electron chi connectivity index (χ3n) is 3.60. The molecule has 0 aliphatic heterocycles. The number of hydrogen-bond donors (Lipinski definition) is 1. The summed E-state index contributed by atoms with van der Waals surface area (Å²) >= 11 is 11.9. The van der Waals surface area contributed by atoms with Gasteiger partial charge in [0.05, 0.1) is 28.4 Å². The summed E-state index contributed by atoms with van der Waals surface area (Å²) in [5.74, 6) is -0.324. The van der Waals surface area contributed by atoms with Gasteiger partial charge in [-0.3, -0.25) is 10.3 Å². The summed E-state index contributed by atoms with van der Waals surface area (Å²) in [6, 6.07) is 0. The molecule has 1 aromatic heterocycles. The number of allylic oxidation sites excluding steroid dienone is 2. The van der Waals surface area contributed by atoms with E-state index in [0.29, 0.717) is 12.5 Å². The fourth-order valence-electron chi connectivity index (χ4n) is 2.09. The maximum atomic E-state index is 12.5. The Labute approximate surface area is 158 Å². The van der Waals surface area contributed by atoms with E-state index in [4.69, 9.17) is 27.9 Å². The molecule has 0 saturated heterocycles. The molecule has 26 heavy (non-hydrogen) atoms. The van der Waals surface area contributed by atoms with Crippen LogP contribution in [-0.2, 0) is 14.3 Å². The molecule has 1 fully saturated rings. The van der Waals surface area contributed by atoms with E-state index < -0.39 is 12.5 Å². The molecule has 3 rings (SSSR count). The number of nitrogens with one attached hydrogen (secondary N) is 1. The lowest BCUT2D eigenvalue weighted by molar-refractivity contribution is -0.112. The molecule has 1 saturated carbocycles. The maximum absolute atomic E-state index is 12.5. The monoisotopic (exact) mass is 401 g/mol. The Morgan fingerprint density at radius 3 is 2.62 bits per heavy atom. The van der Waals surface area contributed by atoms with Crippen molar-refractivity contribution in [2.45, 2.75) is 19.5 Å². The lowest BCUT2D eigenvalue weighted by Crippen LogP contribution is -2.17. The van der Waals surface area contributed by atoms with E-state index in [-0.39, 0.29) is 32.8 Å². The lowest BCUT2D eigenvalue weighted by Gasteiger charge is -2.10. The van der Waals surface area contributed by atoms with Crippen molar-refractivity contribution in [2.24, 2.45) is 5.92 Å². The first-order valence-electron chi connectivity index (χ1n) is 7.67. The van der Waals surface area contributed by atoms with Crippen LogP contribution in [0.1, 0.15) is 12.8 Å². The van der Waals surface area contributed by atoms with Crippen LogP contribution in [0.4, 0.5) is 14.5 Å². The average Bonchev–Trinajstić information content (AvgIpc) is 3.41. The van der Waals surface area contributed by atoms with Gasteiger partial charge in [0.25, 0.3) is 11.5 Å². The molecule has 2 aliphatic rings. The molecule has 136 valence electrons. The summed E-state index contributed by atoms with van der Waals surface area (Å²) in [5, 5.41) is 2.86. The minimum Gasteiger partial charge on any atom is -0.474 e. The van der Waals surface area contributed by atoms with Crippen molar-refractivity contribution in [3.05, 3.63) is 57.8 Å². The molecule has 1 amide bonds. The minimum absolute atomic E-state index is 0.0491. The van der Waals surface area contributed by atoms with Crippen LogP contribution in [0.25, 0.3) is 0 Å². The van der Waals surface area contributed by atoms with E-state index in [9.17, 15) is 13.6 Å². The number of amides is 1. The first-order chi connectivity index (χ1) is 12.4. The third kappa shape index (κ3) is 4.69. The van der Waals surface area contributed by atoms with Crippen molar-refractivity contribution in [1.29, 1.82) is 0 Å². The van der Waals surface area contributed by atoms with Gasteiger partial charge in [0.1, 0.15) is 6.08 Å². The van der Waals surface area contributed by atoms with Crippen molar-refractivity contribution in [1.82, 2.24) is 4.98 Å². The number of carbonyl (C=O) groups excluding carboxylic acids is 1. The Balaban J connectivity index is 1.79. The topological polar surface area (TPSA) is 60.5 Å². The van der Waals surface area contributed by atoms with Crippen LogP contribution in [0.3, 0.4) is 0 Å². The smallest absolute Gasteiger partial charge is 0.396 e. The summed E-state index contributed by atoms with van der Waals surface area (Å²) in [4.78, 5) is 16.2. The van der Waals surface area contributed by atoms with Gasteiger partial charge in [-0.15, -0.1) is 0 Å². The van der Waals surface area contributed by atoms with Gasteiger partial charge in [0, 0.05) is 18.5 Å². The Bertz CT molecular complexity index is 785. The second-order valence-electron chi connectivity index (χ2n) is 5.64. The number of pyridine rings is 1. The van der Waals surface area contributed by atoms with Crippen LogP contribution < -0.4 is 5.32 Å². The van der Waals surface area contributed by atoms with Gasteiger partial charge >= 0.3 is 12.5 Å². The lowest BCUT2D eigenvalue weighted by atomic mass is 10.1.